The summed E-state index contributed by atoms with van der Waals surface area (Å²) in [6.45, 7) is 0. The minimum absolute atomic E-state index is 0.0498. The molecule has 0 N–H and O–H groups in total. The smallest absolute Gasteiger partial charge is 0.343 e. The number of nitro groups is 1. The lowest BCUT2D eigenvalue weighted by atomic mass is 10.1. The highest BCUT2D eigenvalue weighted by atomic mass is 35.5. The predicted octanol–water partition coefficient (Wildman–Crippen LogP) is 5.08. The second kappa shape index (κ2) is 7.81. The predicted molar refractivity (Wildman–Crippen MR) is 109 cm³/mol. The molecule has 0 aromatic heterocycles. The molecule has 8 heteroatoms. The first kappa shape index (κ1) is 19.4. The van der Waals surface area contributed by atoms with Crippen LogP contribution in [-0.4, -0.2) is 16.7 Å². The quantitative estimate of drug-likeness (QED) is 0.191. The van der Waals surface area contributed by atoms with Gasteiger partial charge >= 0.3 is 5.97 Å². The van der Waals surface area contributed by atoms with Gasteiger partial charge in [0.05, 0.1) is 16.1 Å². The molecule has 4 rings (SSSR count). The number of Topliss-reactive ketones (excluding diaryl/α,β-unsaturated/α-hetero) is 1. The van der Waals surface area contributed by atoms with Crippen molar-refractivity contribution in [2.24, 2.45) is 0 Å². The second-order valence-electron chi connectivity index (χ2n) is 6.34. The number of rotatable bonds is 4. The maximum atomic E-state index is 12.5. The standard InChI is InChI=1S/C22H12ClNO6/c23-15-5-3-14(4-6-15)22(26)29-17-9-10-18-19(12-17)30-20(21(18)25)11-13-1-7-16(8-2-13)24(27)28/h1-12H. The minimum Gasteiger partial charge on any atom is -0.452 e. The average molecular weight is 422 g/mol. The number of nitrogens with zero attached hydrogens (tertiary/aromatic N) is 1. The molecule has 7 nitrogen and oxygen atoms in total. The Morgan fingerprint density at radius 1 is 1.03 bits per heavy atom. The lowest BCUT2D eigenvalue weighted by molar-refractivity contribution is -0.384. The summed E-state index contributed by atoms with van der Waals surface area (Å²) in [5, 5.41) is 11.2. The minimum atomic E-state index is -0.572. The molecular formula is C22H12ClNO6. The highest BCUT2D eigenvalue weighted by Crippen LogP contribution is 2.35. The van der Waals surface area contributed by atoms with Gasteiger partial charge in [0.2, 0.25) is 5.78 Å². The third-order valence-corrected chi connectivity index (χ3v) is 4.59. The molecule has 0 amide bonds. The maximum absolute atomic E-state index is 12.5. The van der Waals surface area contributed by atoms with Crippen LogP contribution < -0.4 is 9.47 Å². The van der Waals surface area contributed by atoms with Crippen LogP contribution in [0.2, 0.25) is 5.02 Å². The van der Waals surface area contributed by atoms with E-state index in [0.717, 1.165) is 0 Å². The fourth-order valence-electron chi connectivity index (χ4n) is 2.83. The van der Waals surface area contributed by atoms with E-state index >= 15 is 0 Å². The highest BCUT2D eigenvalue weighted by molar-refractivity contribution is 6.30. The summed E-state index contributed by atoms with van der Waals surface area (Å²) in [5.74, 6) is -0.357. The second-order valence-corrected chi connectivity index (χ2v) is 6.78. The zero-order chi connectivity index (χ0) is 21.3. The van der Waals surface area contributed by atoms with Crippen LogP contribution in [0, 0.1) is 10.1 Å². The molecule has 0 aliphatic carbocycles. The van der Waals surface area contributed by atoms with Crippen molar-refractivity contribution in [3.63, 3.8) is 0 Å². The van der Waals surface area contributed by atoms with Crippen molar-refractivity contribution in [1.82, 2.24) is 0 Å². The summed E-state index contributed by atoms with van der Waals surface area (Å²) < 4.78 is 10.9. The number of hydrogen-bond acceptors (Lipinski definition) is 6. The van der Waals surface area contributed by atoms with Crippen molar-refractivity contribution in [3.05, 3.63) is 104 Å². The molecule has 30 heavy (non-hydrogen) atoms. The van der Waals surface area contributed by atoms with E-state index in [0.29, 0.717) is 21.7 Å². The van der Waals surface area contributed by atoms with Crippen LogP contribution >= 0.6 is 11.6 Å². The lowest BCUT2D eigenvalue weighted by Gasteiger charge is -2.05. The zero-order valence-corrected chi connectivity index (χ0v) is 16.0. The largest absolute Gasteiger partial charge is 0.452 e. The van der Waals surface area contributed by atoms with Crippen LogP contribution in [0.15, 0.2) is 72.5 Å². The van der Waals surface area contributed by atoms with Gasteiger partial charge in [0.1, 0.15) is 11.5 Å². The normalized spacial score (nSPS) is 13.6. The first-order chi connectivity index (χ1) is 14.4. The number of ether oxygens (including phenoxy) is 2. The van der Waals surface area contributed by atoms with Gasteiger partial charge < -0.3 is 9.47 Å². The molecular weight excluding hydrogens is 410 g/mol. The highest BCUT2D eigenvalue weighted by Gasteiger charge is 2.28. The molecule has 3 aromatic carbocycles. The Hall–Kier alpha value is -3.97. The van der Waals surface area contributed by atoms with Crippen molar-refractivity contribution < 1.29 is 24.0 Å². The van der Waals surface area contributed by atoms with E-state index in [-0.39, 0.29) is 28.7 Å². The Kier molecular flexibility index (Phi) is 5.04. The molecule has 0 fully saturated rings. The Balaban J connectivity index is 1.52. The fraction of sp³-hybridized carbons (Fsp3) is 0. The van der Waals surface area contributed by atoms with Crippen LogP contribution in [0.4, 0.5) is 5.69 Å². The molecule has 1 heterocycles. The number of ketones is 1. The number of allylic oxidation sites excluding steroid dienone is 1. The van der Waals surface area contributed by atoms with E-state index in [1.165, 1.54) is 48.5 Å². The maximum Gasteiger partial charge on any atom is 0.343 e. The summed E-state index contributed by atoms with van der Waals surface area (Å²) in [5.41, 5.74) is 1.18. The van der Waals surface area contributed by atoms with Crippen LogP contribution in [0.1, 0.15) is 26.3 Å². The van der Waals surface area contributed by atoms with E-state index in [1.54, 1.807) is 24.3 Å². The summed E-state index contributed by atoms with van der Waals surface area (Å²) >= 11 is 5.81. The van der Waals surface area contributed by atoms with Gasteiger partial charge in [-0.2, -0.15) is 0 Å². The molecule has 0 radical (unpaired) electrons. The molecule has 0 bridgehead atoms. The summed E-state index contributed by atoms with van der Waals surface area (Å²) in [7, 11) is 0. The van der Waals surface area contributed by atoms with Crippen molar-refractivity contribution in [1.29, 1.82) is 0 Å². The number of hydrogen-bond donors (Lipinski definition) is 0. The van der Waals surface area contributed by atoms with E-state index in [2.05, 4.69) is 0 Å². The Morgan fingerprint density at radius 3 is 2.40 bits per heavy atom. The third kappa shape index (κ3) is 3.92. The van der Waals surface area contributed by atoms with E-state index in [9.17, 15) is 19.7 Å². The SMILES string of the molecule is O=C(Oc1ccc2c(c1)OC(=Cc1ccc([N+](=O)[O-])cc1)C2=O)c1ccc(Cl)cc1. The summed E-state index contributed by atoms with van der Waals surface area (Å²) in [4.78, 5) is 35.0. The summed E-state index contributed by atoms with van der Waals surface area (Å²) in [6.07, 6.45) is 1.49. The average Bonchev–Trinajstić information content (AvgIpc) is 3.03. The molecule has 148 valence electrons. The number of carbonyl (C=O) groups is 2. The molecule has 0 spiro atoms. The number of esters is 1. The van der Waals surface area contributed by atoms with Crippen molar-refractivity contribution in [3.8, 4) is 11.5 Å². The van der Waals surface area contributed by atoms with Crippen LogP contribution in [0.5, 0.6) is 11.5 Å². The van der Waals surface area contributed by atoms with Crippen molar-refractivity contribution >= 4 is 35.1 Å². The number of benzene rings is 3. The summed E-state index contributed by atoms with van der Waals surface area (Å²) in [6, 6.07) is 16.4. The van der Waals surface area contributed by atoms with Gasteiger partial charge in [-0.1, -0.05) is 11.6 Å². The third-order valence-electron chi connectivity index (χ3n) is 4.33. The molecule has 0 atom stereocenters. The van der Waals surface area contributed by atoms with Gasteiger partial charge in [0.15, 0.2) is 5.76 Å². The van der Waals surface area contributed by atoms with Crippen LogP contribution in [-0.2, 0) is 0 Å². The fourth-order valence-corrected chi connectivity index (χ4v) is 2.95. The van der Waals surface area contributed by atoms with E-state index in [4.69, 9.17) is 21.1 Å². The molecule has 0 saturated heterocycles. The molecule has 1 aliphatic rings. The number of carbonyl (C=O) groups excluding carboxylic acids is 2. The van der Waals surface area contributed by atoms with Gasteiger partial charge in [-0.25, -0.2) is 4.79 Å². The van der Waals surface area contributed by atoms with Gasteiger partial charge in [-0.15, -0.1) is 0 Å². The zero-order valence-electron chi connectivity index (χ0n) is 15.2. The molecule has 0 saturated carbocycles. The Labute approximate surface area is 175 Å². The van der Waals surface area contributed by atoms with Crippen molar-refractivity contribution in [2.45, 2.75) is 0 Å². The van der Waals surface area contributed by atoms with Gasteiger partial charge in [0, 0.05) is 23.2 Å². The topological polar surface area (TPSA) is 95.7 Å². The first-order valence-corrected chi connectivity index (χ1v) is 9.09. The number of halogens is 1. The molecule has 0 unspecified atom stereocenters. The van der Waals surface area contributed by atoms with Gasteiger partial charge in [0.25, 0.3) is 5.69 Å². The number of fused-ring (bicyclic) bond motifs is 1. The number of non-ortho nitro benzene ring substituents is 1. The Morgan fingerprint density at radius 2 is 1.73 bits per heavy atom. The van der Waals surface area contributed by atoms with E-state index in [1.807, 2.05) is 0 Å². The van der Waals surface area contributed by atoms with E-state index < -0.39 is 10.9 Å². The molecule has 3 aromatic rings. The lowest BCUT2D eigenvalue weighted by Crippen LogP contribution is -2.08. The van der Waals surface area contributed by atoms with Crippen LogP contribution in [0.3, 0.4) is 0 Å². The molecule has 1 aliphatic heterocycles. The van der Waals surface area contributed by atoms with Gasteiger partial charge in [-0.3, -0.25) is 14.9 Å². The van der Waals surface area contributed by atoms with Crippen molar-refractivity contribution in [2.75, 3.05) is 0 Å². The number of nitro benzene ring substituents is 1. The Bertz CT molecular complexity index is 1200. The monoisotopic (exact) mass is 421 g/mol. The first-order valence-electron chi connectivity index (χ1n) is 8.71. The van der Waals surface area contributed by atoms with Gasteiger partial charge in [-0.05, 0) is 60.2 Å². The van der Waals surface area contributed by atoms with Crippen LogP contribution in [0.25, 0.3) is 6.08 Å².